The summed E-state index contributed by atoms with van der Waals surface area (Å²) in [5, 5.41) is 6.92. The lowest BCUT2D eigenvalue weighted by Crippen LogP contribution is -2.57. The fraction of sp³-hybridized carbons (Fsp3) is 0.941. The van der Waals surface area contributed by atoms with Crippen LogP contribution >= 0.6 is 24.0 Å². The lowest BCUT2D eigenvalue weighted by Gasteiger charge is -2.41. The minimum atomic E-state index is 0. The molecule has 1 fully saturated rings. The minimum Gasteiger partial charge on any atom is -0.379 e. The van der Waals surface area contributed by atoms with Crippen molar-refractivity contribution in [3.8, 4) is 0 Å². The van der Waals surface area contributed by atoms with E-state index in [9.17, 15) is 0 Å². The molecule has 1 saturated heterocycles. The molecular weight excluding hydrogens is 417 g/mol. The van der Waals surface area contributed by atoms with Gasteiger partial charge < -0.3 is 15.4 Å². The molecule has 0 aromatic carbocycles. The summed E-state index contributed by atoms with van der Waals surface area (Å²) in [4.78, 5) is 9.28. The summed E-state index contributed by atoms with van der Waals surface area (Å²) in [6.45, 7) is 18.8. The smallest absolute Gasteiger partial charge is 0.191 e. The van der Waals surface area contributed by atoms with Crippen LogP contribution in [0.5, 0.6) is 0 Å². The van der Waals surface area contributed by atoms with Crippen LogP contribution in [0.15, 0.2) is 4.99 Å². The van der Waals surface area contributed by atoms with Gasteiger partial charge in [-0.05, 0) is 33.9 Å². The number of nitrogens with zero attached hydrogens (tertiary/aromatic N) is 3. The van der Waals surface area contributed by atoms with Gasteiger partial charge in [0, 0.05) is 44.8 Å². The molecule has 0 amide bonds. The molecule has 0 saturated carbocycles. The van der Waals surface area contributed by atoms with Gasteiger partial charge in [0.25, 0.3) is 0 Å². The molecule has 2 N–H and O–H groups in total. The van der Waals surface area contributed by atoms with Crippen molar-refractivity contribution in [2.24, 2.45) is 4.99 Å². The summed E-state index contributed by atoms with van der Waals surface area (Å²) in [6, 6.07) is 0.496. The van der Waals surface area contributed by atoms with Crippen LogP contribution < -0.4 is 10.6 Å². The number of aliphatic imine (C=N–C) groups is 1. The Morgan fingerprint density at radius 2 is 1.79 bits per heavy atom. The zero-order valence-corrected chi connectivity index (χ0v) is 18.7. The second-order valence-electron chi connectivity index (χ2n) is 6.79. The highest BCUT2D eigenvalue weighted by Gasteiger charge is 2.28. The van der Waals surface area contributed by atoms with Gasteiger partial charge in [-0.3, -0.25) is 14.8 Å². The molecule has 1 atom stereocenters. The number of hydrogen-bond donors (Lipinski definition) is 2. The maximum absolute atomic E-state index is 5.45. The molecule has 144 valence electrons. The molecule has 24 heavy (non-hydrogen) atoms. The monoisotopic (exact) mass is 455 g/mol. The first-order chi connectivity index (χ1) is 10.9. The first kappa shape index (κ1) is 23.9. The summed E-state index contributed by atoms with van der Waals surface area (Å²) in [7, 11) is 1.83. The molecule has 1 rings (SSSR count). The third-order valence-corrected chi connectivity index (χ3v) is 4.78. The van der Waals surface area contributed by atoms with E-state index in [-0.39, 0.29) is 29.5 Å². The Hall–Kier alpha value is -0.120. The SMILES string of the molecule is CCN(CC)C(C)CNC(=NC)NCC(C)(C)N1CCOCC1.I. The highest BCUT2D eigenvalue weighted by Crippen LogP contribution is 2.14. The highest BCUT2D eigenvalue weighted by atomic mass is 127. The lowest BCUT2D eigenvalue weighted by atomic mass is 10.0. The van der Waals surface area contributed by atoms with Crippen LogP contribution in [0.2, 0.25) is 0 Å². The van der Waals surface area contributed by atoms with Crippen molar-refractivity contribution >= 4 is 29.9 Å². The van der Waals surface area contributed by atoms with E-state index in [2.05, 4.69) is 60.0 Å². The van der Waals surface area contributed by atoms with Gasteiger partial charge in [0.1, 0.15) is 0 Å². The van der Waals surface area contributed by atoms with E-state index in [1.807, 2.05) is 7.05 Å². The molecule has 0 aromatic heterocycles. The van der Waals surface area contributed by atoms with Gasteiger partial charge in [-0.2, -0.15) is 0 Å². The zero-order chi connectivity index (χ0) is 17.3. The van der Waals surface area contributed by atoms with Crippen molar-refractivity contribution in [2.75, 3.05) is 59.5 Å². The zero-order valence-electron chi connectivity index (χ0n) is 16.4. The van der Waals surface area contributed by atoms with Gasteiger partial charge in [0.15, 0.2) is 5.96 Å². The van der Waals surface area contributed by atoms with Gasteiger partial charge in [-0.25, -0.2) is 0 Å². The number of likely N-dealkylation sites (N-methyl/N-ethyl adjacent to an activating group) is 1. The van der Waals surface area contributed by atoms with Crippen LogP contribution in [0.25, 0.3) is 0 Å². The average Bonchev–Trinajstić information content (AvgIpc) is 2.57. The fourth-order valence-corrected chi connectivity index (χ4v) is 3.02. The third-order valence-electron chi connectivity index (χ3n) is 4.78. The second kappa shape index (κ2) is 12.3. The molecule has 0 bridgehead atoms. The van der Waals surface area contributed by atoms with Crippen molar-refractivity contribution < 1.29 is 4.74 Å². The molecule has 0 aliphatic carbocycles. The molecule has 1 aliphatic rings. The lowest BCUT2D eigenvalue weighted by molar-refractivity contribution is -0.00834. The number of nitrogens with one attached hydrogen (secondary N) is 2. The summed E-state index contributed by atoms with van der Waals surface area (Å²) in [6.07, 6.45) is 0. The van der Waals surface area contributed by atoms with E-state index in [1.165, 1.54) is 0 Å². The number of hydrogen-bond acceptors (Lipinski definition) is 4. The van der Waals surface area contributed by atoms with Crippen LogP contribution in [-0.4, -0.2) is 86.9 Å². The second-order valence-corrected chi connectivity index (χ2v) is 6.79. The van der Waals surface area contributed by atoms with Crippen LogP contribution in [-0.2, 0) is 4.74 Å². The van der Waals surface area contributed by atoms with Crippen molar-refractivity contribution in [2.45, 2.75) is 46.2 Å². The Bertz CT molecular complexity index is 355. The average molecular weight is 455 g/mol. The molecule has 0 aromatic rings. The summed E-state index contributed by atoms with van der Waals surface area (Å²) < 4.78 is 5.45. The Morgan fingerprint density at radius 3 is 2.29 bits per heavy atom. The highest BCUT2D eigenvalue weighted by molar-refractivity contribution is 14.0. The van der Waals surface area contributed by atoms with E-state index in [1.54, 1.807) is 0 Å². The van der Waals surface area contributed by atoms with E-state index >= 15 is 0 Å². The van der Waals surface area contributed by atoms with Gasteiger partial charge in [-0.15, -0.1) is 24.0 Å². The predicted molar refractivity (Wildman–Crippen MR) is 114 cm³/mol. The number of morpholine rings is 1. The third kappa shape index (κ3) is 7.84. The maximum atomic E-state index is 5.45. The standard InChI is InChI=1S/C17H37N5O.HI/c1-7-21(8-2)15(3)13-19-16(18-6)20-14-17(4,5)22-9-11-23-12-10-22;/h15H,7-14H2,1-6H3,(H2,18,19,20);1H. The number of rotatable bonds is 8. The van der Waals surface area contributed by atoms with E-state index in [0.29, 0.717) is 6.04 Å². The van der Waals surface area contributed by atoms with Gasteiger partial charge in [-0.1, -0.05) is 13.8 Å². The first-order valence-electron chi connectivity index (χ1n) is 8.96. The van der Waals surface area contributed by atoms with Crippen molar-refractivity contribution in [1.29, 1.82) is 0 Å². The topological polar surface area (TPSA) is 52.1 Å². The van der Waals surface area contributed by atoms with Gasteiger partial charge >= 0.3 is 0 Å². The summed E-state index contributed by atoms with van der Waals surface area (Å²) >= 11 is 0. The molecular formula is C17H38IN5O. The molecule has 0 radical (unpaired) electrons. The summed E-state index contributed by atoms with van der Waals surface area (Å²) in [5.41, 5.74) is 0.0892. The Morgan fingerprint density at radius 1 is 1.21 bits per heavy atom. The molecule has 1 unspecified atom stereocenters. The Balaban J connectivity index is 0.00000529. The van der Waals surface area contributed by atoms with Crippen LogP contribution in [0, 0.1) is 0 Å². The van der Waals surface area contributed by atoms with E-state index in [0.717, 1.165) is 58.4 Å². The molecule has 6 nitrogen and oxygen atoms in total. The Kier molecular flexibility index (Phi) is 12.2. The van der Waals surface area contributed by atoms with E-state index in [4.69, 9.17) is 4.74 Å². The molecule has 0 spiro atoms. The molecule has 7 heteroatoms. The van der Waals surface area contributed by atoms with Crippen molar-refractivity contribution in [3.63, 3.8) is 0 Å². The van der Waals surface area contributed by atoms with Crippen molar-refractivity contribution in [1.82, 2.24) is 20.4 Å². The van der Waals surface area contributed by atoms with E-state index < -0.39 is 0 Å². The number of guanidine groups is 1. The fourth-order valence-electron chi connectivity index (χ4n) is 3.02. The molecule has 1 aliphatic heterocycles. The van der Waals surface area contributed by atoms with Crippen LogP contribution in [0.4, 0.5) is 0 Å². The van der Waals surface area contributed by atoms with Crippen molar-refractivity contribution in [3.05, 3.63) is 0 Å². The number of ether oxygens (including phenoxy) is 1. The van der Waals surface area contributed by atoms with Crippen LogP contribution in [0.1, 0.15) is 34.6 Å². The Labute approximate surface area is 165 Å². The first-order valence-corrected chi connectivity index (χ1v) is 8.96. The summed E-state index contributed by atoms with van der Waals surface area (Å²) in [5.74, 6) is 0.880. The predicted octanol–water partition coefficient (Wildman–Crippen LogP) is 1.61. The number of halogens is 1. The largest absolute Gasteiger partial charge is 0.379 e. The maximum Gasteiger partial charge on any atom is 0.191 e. The molecule has 1 heterocycles. The minimum absolute atomic E-state index is 0. The normalized spacial score (nSPS) is 18.2. The van der Waals surface area contributed by atoms with Gasteiger partial charge in [0.2, 0.25) is 0 Å². The van der Waals surface area contributed by atoms with Crippen LogP contribution in [0.3, 0.4) is 0 Å². The van der Waals surface area contributed by atoms with Gasteiger partial charge in [0.05, 0.1) is 13.2 Å². The quantitative estimate of drug-likeness (QED) is 0.331.